The number of rotatable bonds is 11. The molecule has 0 N–H and O–H groups in total. The third-order valence-electron chi connectivity index (χ3n) is 11.5. The van der Waals surface area contributed by atoms with E-state index < -0.39 is 8.32 Å². The van der Waals surface area contributed by atoms with Crippen molar-refractivity contribution in [3.05, 3.63) is 48.1 Å². The predicted octanol–water partition coefficient (Wildman–Crippen LogP) is 11.8. The summed E-state index contributed by atoms with van der Waals surface area (Å²) in [5.41, 5.74) is 4.97. The van der Waals surface area contributed by atoms with Gasteiger partial charge in [-0.25, -0.2) is 0 Å². The zero-order chi connectivity index (χ0) is 29.0. The van der Waals surface area contributed by atoms with Crippen LogP contribution in [0.2, 0.25) is 18.1 Å². The van der Waals surface area contributed by atoms with Crippen molar-refractivity contribution in [2.75, 3.05) is 0 Å². The van der Waals surface area contributed by atoms with Crippen molar-refractivity contribution in [1.29, 1.82) is 0 Å². The van der Waals surface area contributed by atoms with Gasteiger partial charge < -0.3 is 4.43 Å². The molecule has 3 aliphatic rings. The van der Waals surface area contributed by atoms with Gasteiger partial charge in [0.25, 0.3) is 0 Å². The first-order valence-electron chi connectivity index (χ1n) is 16.5. The van der Waals surface area contributed by atoms with Crippen LogP contribution in [0.15, 0.2) is 48.1 Å². The smallest absolute Gasteiger partial charge is 0.192 e. The molecule has 0 aromatic rings. The molecule has 3 saturated carbocycles. The monoisotopic (exact) mass is 552 g/mol. The molecule has 0 bridgehead atoms. The van der Waals surface area contributed by atoms with E-state index in [1.165, 1.54) is 62.5 Å². The van der Waals surface area contributed by atoms with Crippen LogP contribution in [0.4, 0.5) is 0 Å². The molecule has 0 heterocycles. The molecule has 3 rings (SSSR count). The van der Waals surface area contributed by atoms with E-state index in [-0.39, 0.29) is 5.04 Å². The van der Waals surface area contributed by atoms with E-state index in [0.29, 0.717) is 11.5 Å². The highest BCUT2D eigenvalue weighted by Crippen LogP contribution is 2.61. The molecule has 0 amide bonds. The molecule has 0 aromatic carbocycles. The van der Waals surface area contributed by atoms with Crippen molar-refractivity contribution < 1.29 is 4.43 Å². The van der Waals surface area contributed by atoms with Gasteiger partial charge >= 0.3 is 0 Å². The van der Waals surface area contributed by atoms with Crippen molar-refractivity contribution >= 4 is 8.32 Å². The van der Waals surface area contributed by atoms with E-state index in [4.69, 9.17) is 4.43 Å². The Labute approximate surface area is 245 Å². The first-order chi connectivity index (χ1) is 18.2. The molecule has 6 atom stereocenters. The topological polar surface area (TPSA) is 9.23 Å². The van der Waals surface area contributed by atoms with Gasteiger partial charge in [-0.3, -0.25) is 0 Å². The molecular weight excluding hydrogens is 488 g/mol. The number of hydrogen-bond donors (Lipinski definition) is 0. The maximum Gasteiger partial charge on any atom is 0.192 e. The highest BCUT2D eigenvalue weighted by atomic mass is 28.4. The average molecular weight is 553 g/mol. The Morgan fingerprint density at radius 3 is 2.41 bits per heavy atom. The van der Waals surface area contributed by atoms with Gasteiger partial charge in [-0.15, -0.1) is 6.58 Å². The lowest BCUT2D eigenvalue weighted by atomic mass is 9.57. The summed E-state index contributed by atoms with van der Waals surface area (Å²) in [6.45, 7) is 30.4. The quantitative estimate of drug-likeness (QED) is 0.183. The van der Waals surface area contributed by atoms with Crippen molar-refractivity contribution in [1.82, 2.24) is 0 Å². The molecule has 0 aliphatic heterocycles. The molecule has 0 saturated heterocycles. The number of allylic oxidation sites excluding steroid dienone is 5. The summed E-state index contributed by atoms with van der Waals surface area (Å²) in [4.78, 5) is 0. The minimum Gasteiger partial charge on any atom is -0.414 e. The van der Waals surface area contributed by atoms with Crippen LogP contribution < -0.4 is 0 Å². The van der Waals surface area contributed by atoms with Crippen molar-refractivity contribution in [2.24, 2.45) is 35.0 Å². The fourth-order valence-electron chi connectivity index (χ4n) is 8.14. The number of fused-ring (bicyclic) bond motifs is 1. The number of hydrogen-bond acceptors (Lipinski definition) is 1. The molecule has 3 fully saturated rings. The van der Waals surface area contributed by atoms with E-state index >= 15 is 0 Å². The SMILES string of the molecule is C=CCC[C@H]1C/C(=C\C=C2\C[C@@H](O[Si](C)(C)C(C)(C)C)CCC2=C)[C@@H]2CC[C@H]([C@H](C)CCCC(C)C)[C@@]2(C)C1. The Morgan fingerprint density at radius 2 is 1.77 bits per heavy atom. The zero-order valence-electron chi connectivity index (χ0n) is 27.5. The van der Waals surface area contributed by atoms with Gasteiger partial charge in [0.2, 0.25) is 0 Å². The van der Waals surface area contributed by atoms with E-state index in [2.05, 4.69) is 92.9 Å². The van der Waals surface area contributed by atoms with E-state index in [9.17, 15) is 0 Å². The van der Waals surface area contributed by atoms with Crippen molar-refractivity contribution in [3.63, 3.8) is 0 Å². The van der Waals surface area contributed by atoms with Gasteiger partial charge in [-0.05, 0) is 116 Å². The van der Waals surface area contributed by atoms with Gasteiger partial charge in [-0.2, -0.15) is 0 Å². The summed E-state index contributed by atoms with van der Waals surface area (Å²) in [7, 11) is -1.76. The fraction of sp³-hybridized carbons (Fsp3) is 0.784. The van der Waals surface area contributed by atoms with Crippen LogP contribution in [0.1, 0.15) is 126 Å². The van der Waals surface area contributed by atoms with Crippen LogP contribution in [0.5, 0.6) is 0 Å². The van der Waals surface area contributed by atoms with Crippen LogP contribution in [0.3, 0.4) is 0 Å². The normalized spacial score (nSPS) is 33.1. The Hall–Kier alpha value is -0.863. The van der Waals surface area contributed by atoms with Crippen LogP contribution >= 0.6 is 0 Å². The molecule has 2 heteroatoms. The summed E-state index contributed by atoms with van der Waals surface area (Å²) in [5, 5.41) is 0.255. The zero-order valence-corrected chi connectivity index (χ0v) is 28.5. The second-order valence-electron chi connectivity index (χ2n) is 16.0. The van der Waals surface area contributed by atoms with Crippen LogP contribution in [0.25, 0.3) is 0 Å². The van der Waals surface area contributed by atoms with Crippen LogP contribution in [0, 0.1) is 35.0 Å². The standard InChI is InChI=1S/C37H64OSi/c1-12-13-17-30-24-32(35-23-22-34(37(35,9)26-30)29(5)16-14-15-27(2)3)20-19-31-25-33(21-18-28(31)4)38-39(10,11)36(6,7)8/h12,19-20,27,29-30,33-35H,1,4,13-18,21-26H2,2-3,5-11H3/b31-19-,32-20+/t29-,30+,33+,34-,35+,37-/m1/s1. The van der Waals surface area contributed by atoms with Gasteiger partial charge in [0.1, 0.15) is 0 Å². The molecule has 0 unspecified atom stereocenters. The summed E-state index contributed by atoms with van der Waals surface area (Å²) >= 11 is 0. The molecular formula is C37H64OSi. The van der Waals surface area contributed by atoms with E-state index in [1.54, 1.807) is 5.57 Å². The molecule has 222 valence electrons. The summed E-state index contributed by atoms with van der Waals surface area (Å²) in [6.07, 6.45) is 22.9. The maximum atomic E-state index is 6.87. The summed E-state index contributed by atoms with van der Waals surface area (Å²) in [5.74, 6) is 4.07. The van der Waals surface area contributed by atoms with Crippen LogP contribution in [-0.4, -0.2) is 14.4 Å². The first kappa shape index (κ1) is 32.6. The predicted molar refractivity (Wildman–Crippen MR) is 176 cm³/mol. The molecule has 0 aromatic heterocycles. The highest BCUT2D eigenvalue weighted by Gasteiger charge is 2.52. The van der Waals surface area contributed by atoms with Crippen molar-refractivity contribution in [3.8, 4) is 0 Å². The minimum atomic E-state index is -1.76. The second kappa shape index (κ2) is 13.4. The van der Waals surface area contributed by atoms with E-state index in [1.807, 2.05) is 0 Å². The largest absolute Gasteiger partial charge is 0.414 e. The molecule has 3 aliphatic carbocycles. The fourth-order valence-corrected chi connectivity index (χ4v) is 9.53. The Balaban J connectivity index is 1.81. The molecule has 0 spiro atoms. The summed E-state index contributed by atoms with van der Waals surface area (Å²) < 4.78 is 6.87. The molecule has 1 nitrogen and oxygen atoms in total. The lowest BCUT2D eigenvalue weighted by molar-refractivity contribution is 0.0641. The lowest BCUT2D eigenvalue weighted by Crippen LogP contribution is -2.44. The average Bonchev–Trinajstić information content (AvgIpc) is 3.18. The van der Waals surface area contributed by atoms with Gasteiger partial charge in [0.05, 0.1) is 0 Å². The molecule has 0 radical (unpaired) electrons. The maximum absolute atomic E-state index is 6.87. The second-order valence-corrected chi connectivity index (χ2v) is 20.7. The third kappa shape index (κ3) is 8.12. The first-order valence-corrected chi connectivity index (χ1v) is 19.4. The van der Waals surface area contributed by atoms with Gasteiger partial charge in [-0.1, -0.05) is 104 Å². The summed E-state index contributed by atoms with van der Waals surface area (Å²) in [6, 6.07) is 0. The lowest BCUT2D eigenvalue weighted by Gasteiger charge is -2.47. The third-order valence-corrected chi connectivity index (χ3v) is 16.0. The van der Waals surface area contributed by atoms with Gasteiger partial charge in [0, 0.05) is 6.10 Å². The van der Waals surface area contributed by atoms with Crippen LogP contribution in [-0.2, 0) is 4.43 Å². The van der Waals surface area contributed by atoms with Gasteiger partial charge in [0.15, 0.2) is 8.32 Å². The highest BCUT2D eigenvalue weighted by molar-refractivity contribution is 6.74. The van der Waals surface area contributed by atoms with E-state index in [0.717, 1.165) is 55.3 Å². The molecule has 39 heavy (non-hydrogen) atoms. The Bertz CT molecular complexity index is 899. The minimum absolute atomic E-state index is 0.255. The Morgan fingerprint density at radius 1 is 1.05 bits per heavy atom. The van der Waals surface area contributed by atoms with Crippen molar-refractivity contribution in [2.45, 2.75) is 150 Å². The Kier molecular flexibility index (Phi) is 11.2.